The molecule has 1 aliphatic heterocycles. The van der Waals surface area contributed by atoms with Crippen molar-refractivity contribution in [2.45, 2.75) is 19.9 Å². The van der Waals surface area contributed by atoms with Gasteiger partial charge in [0.1, 0.15) is 0 Å². The molecule has 164 valence electrons. The van der Waals surface area contributed by atoms with E-state index in [1.54, 1.807) is 6.21 Å². The molecule has 0 radical (unpaired) electrons. The van der Waals surface area contributed by atoms with Crippen LogP contribution in [0.1, 0.15) is 23.1 Å². The first-order valence-electron chi connectivity index (χ1n) is 11.8. The molecule has 2 heterocycles. The number of amides is 2. The van der Waals surface area contributed by atoms with Crippen molar-refractivity contribution in [2.24, 2.45) is 40.6 Å². The van der Waals surface area contributed by atoms with Gasteiger partial charge in [0.05, 0.1) is 18.1 Å². The monoisotopic (exact) mass is 435 g/mol. The maximum absolute atomic E-state index is 13.2. The molecule has 8 rings (SSSR count). The predicted octanol–water partition coefficient (Wildman–Crippen LogP) is 4.39. The SMILES string of the molecule is Cc1ccccc1Cn1cc(/C=N\N2C(=O)[C@@H]3[C@H]4C=C[C@@H]([C@@H]5C[C@@H]45)[C@H]3C2=O)c2ccccc21. The molecule has 0 spiro atoms. The summed E-state index contributed by atoms with van der Waals surface area (Å²) in [6.07, 6.45) is 9.31. The van der Waals surface area contributed by atoms with Gasteiger partial charge in [-0.2, -0.15) is 10.1 Å². The normalized spacial score (nSPS) is 31.6. The third-order valence-corrected chi connectivity index (χ3v) is 8.37. The molecule has 33 heavy (non-hydrogen) atoms. The summed E-state index contributed by atoms with van der Waals surface area (Å²) in [7, 11) is 0. The number of fused-ring (bicyclic) bond motifs is 1. The summed E-state index contributed by atoms with van der Waals surface area (Å²) in [6, 6.07) is 16.6. The number of carbonyl (C=O) groups is 2. The lowest BCUT2D eigenvalue weighted by Gasteiger charge is -2.37. The molecule has 3 fully saturated rings. The third kappa shape index (κ3) is 2.68. The molecule has 5 nitrogen and oxygen atoms in total. The number of nitrogens with zero attached hydrogens (tertiary/aromatic N) is 3. The maximum atomic E-state index is 13.2. The zero-order valence-corrected chi connectivity index (χ0v) is 18.5. The van der Waals surface area contributed by atoms with E-state index < -0.39 is 0 Å². The summed E-state index contributed by atoms with van der Waals surface area (Å²) in [5, 5.41) is 6.70. The summed E-state index contributed by atoms with van der Waals surface area (Å²) in [5.74, 6) is 0.980. The molecule has 5 aliphatic rings. The van der Waals surface area contributed by atoms with Crippen LogP contribution in [0.5, 0.6) is 0 Å². The molecular formula is C28H25N3O2. The van der Waals surface area contributed by atoms with Crippen molar-refractivity contribution in [3.05, 3.63) is 83.6 Å². The van der Waals surface area contributed by atoms with Crippen molar-refractivity contribution < 1.29 is 9.59 Å². The third-order valence-electron chi connectivity index (χ3n) is 8.37. The first kappa shape index (κ1) is 19.0. The highest BCUT2D eigenvalue weighted by Crippen LogP contribution is 2.65. The minimum absolute atomic E-state index is 0.116. The summed E-state index contributed by atoms with van der Waals surface area (Å²) in [5.41, 5.74) is 4.54. The Morgan fingerprint density at radius 3 is 2.33 bits per heavy atom. The molecule has 2 aromatic carbocycles. The Kier molecular flexibility index (Phi) is 3.90. The summed E-state index contributed by atoms with van der Waals surface area (Å²) < 4.78 is 2.21. The minimum atomic E-state index is -0.212. The average molecular weight is 436 g/mol. The predicted molar refractivity (Wildman–Crippen MR) is 126 cm³/mol. The van der Waals surface area contributed by atoms with Gasteiger partial charge in [-0.05, 0) is 54.2 Å². The Morgan fingerprint density at radius 1 is 0.939 bits per heavy atom. The maximum Gasteiger partial charge on any atom is 0.254 e. The number of hydrogen-bond donors (Lipinski definition) is 0. The zero-order valence-electron chi connectivity index (χ0n) is 18.5. The van der Waals surface area contributed by atoms with E-state index >= 15 is 0 Å². The molecule has 0 N–H and O–H groups in total. The lowest BCUT2D eigenvalue weighted by molar-refractivity contribution is -0.140. The van der Waals surface area contributed by atoms with Gasteiger partial charge >= 0.3 is 0 Å². The van der Waals surface area contributed by atoms with Crippen LogP contribution in [0.15, 0.2) is 72.0 Å². The Morgan fingerprint density at radius 2 is 1.61 bits per heavy atom. The van der Waals surface area contributed by atoms with Crippen molar-refractivity contribution in [3.8, 4) is 0 Å². The Labute approximate surface area is 192 Å². The molecular weight excluding hydrogens is 410 g/mol. The Balaban J connectivity index is 1.22. The zero-order chi connectivity index (χ0) is 22.3. The highest BCUT2D eigenvalue weighted by Gasteiger charge is 2.67. The van der Waals surface area contributed by atoms with Crippen LogP contribution in [-0.4, -0.2) is 27.6 Å². The van der Waals surface area contributed by atoms with E-state index in [1.165, 1.54) is 22.6 Å². The molecule has 2 amide bonds. The van der Waals surface area contributed by atoms with Crippen molar-refractivity contribution in [1.29, 1.82) is 0 Å². The molecule has 6 atom stereocenters. The second-order valence-electron chi connectivity index (χ2n) is 10.0. The van der Waals surface area contributed by atoms with Crippen molar-refractivity contribution in [1.82, 2.24) is 9.58 Å². The lowest BCUT2D eigenvalue weighted by Crippen LogP contribution is -2.40. The molecule has 2 saturated carbocycles. The fourth-order valence-electron chi connectivity index (χ4n) is 6.65. The quantitative estimate of drug-likeness (QED) is 0.347. The standard InChI is InChI=1S/C28H25N3O2/c1-16-6-2-3-7-17(16)14-30-15-18(19-8-4-5-9-24(19)30)13-29-31-27(32)25-20-10-11-21(23-12-22(20)23)26(25)28(31)33/h2-11,13,15,20-23,25-26H,12,14H2,1H3/b29-13-/t20-,21-,22-,23-,25+,26+/m0/s1. The highest BCUT2D eigenvalue weighted by molar-refractivity contribution is 6.07. The van der Waals surface area contributed by atoms with Gasteiger partial charge in [0, 0.05) is 29.2 Å². The van der Waals surface area contributed by atoms with Crippen molar-refractivity contribution in [2.75, 3.05) is 0 Å². The molecule has 0 unspecified atom stereocenters. The van der Waals surface area contributed by atoms with Crippen LogP contribution in [0.3, 0.4) is 0 Å². The van der Waals surface area contributed by atoms with Gasteiger partial charge in [-0.25, -0.2) is 0 Å². The fraction of sp³-hybridized carbons (Fsp3) is 0.321. The summed E-state index contributed by atoms with van der Waals surface area (Å²) in [6.45, 7) is 2.88. The van der Waals surface area contributed by atoms with Gasteiger partial charge in [0.25, 0.3) is 11.8 Å². The average Bonchev–Trinajstić information content (AvgIpc) is 3.54. The van der Waals surface area contributed by atoms with Crippen LogP contribution in [0, 0.1) is 42.4 Å². The number of hydrazone groups is 1. The van der Waals surface area contributed by atoms with Gasteiger partial charge < -0.3 is 4.57 Å². The van der Waals surface area contributed by atoms with E-state index in [2.05, 4.69) is 71.3 Å². The molecule has 5 heteroatoms. The van der Waals surface area contributed by atoms with E-state index in [0.717, 1.165) is 23.0 Å². The van der Waals surface area contributed by atoms with Gasteiger partial charge in [-0.3, -0.25) is 9.59 Å². The fourth-order valence-corrected chi connectivity index (χ4v) is 6.65. The van der Waals surface area contributed by atoms with E-state index in [1.807, 2.05) is 12.1 Å². The first-order chi connectivity index (χ1) is 16.1. The lowest BCUT2D eigenvalue weighted by atomic mass is 9.63. The highest BCUT2D eigenvalue weighted by atomic mass is 16.2. The molecule has 3 aromatic rings. The topological polar surface area (TPSA) is 54.7 Å². The van der Waals surface area contributed by atoms with Crippen LogP contribution >= 0.6 is 0 Å². The van der Waals surface area contributed by atoms with Crippen LogP contribution in [-0.2, 0) is 16.1 Å². The van der Waals surface area contributed by atoms with Gasteiger partial charge in [0.2, 0.25) is 0 Å². The van der Waals surface area contributed by atoms with Crippen molar-refractivity contribution in [3.63, 3.8) is 0 Å². The molecule has 4 aliphatic carbocycles. The number of rotatable bonds is 4. The van der Waals surface area contributed by atoms with Crippen LogP contribution < -0.4 is 0 Å². The Hall–Kier alpha value is -3.47. The summed E-state index contributed by atoms with van der Waals surface area (Å²) in [4.78, 5) is 26.5. The number of carbonyl (C=O) groups excluding carboxylic acids is 2. The molecule has 2 bridgehead atoms. The smallest absolute Gasteiger partial charge is 0.254 e. The Bertz CT molecular complexity index is 1350. The van der Waals surface area contributed by atoms with Gasteiger partial charge in [-0.1, -0.05) is 54.6 Å². The van der Waals surface area contributed by atoms with Crippen LogP contribution in [0.2, 0.25) is 0 Å². The van der Waals surface area contributed by atoms with E-state index in [-0.39, 0.29) is 35.5 Å². The van der Waals surface area contributed by atoms with Crippen LogP contribution in [0.25, 0.3) is 10.9 Å². The van der Waals surface area contributed by atoms with Gasteiger partial charge in [-0.15, -0.1) is 0 Å². The number of aryl methyl sites for hydroxylation is 1. The largest absolute Gasteiger partial charge is 0.342 e. The van der Waals surface area contributed by atoms with E-state index in [4.69, 9.17) is 0 Å². The number of para-hydroxylation sites is 1. The van der Waals surface area contributed by atoms with E-state index in [9.17, 15) is 9.59 Å². The number of benzene rings is 2. The molecule has 1 saturated heterocycles. The van der Waals surface area contributed by atoms with Crippen molar-refractivity contribution >= 4 is 28.9 Å². The minimum Gasteiger partial charge on any atom is -0.342 e. The second kappa shape index (κ2) is 6.77. The number of allylic oxidation sites excluding steroid dienone is 2. The molecule has 1 aromatic heterocycles. The van der Waals surface area contributed by atoms with Gasteiger partial charge in [0.15, 0.2) is 0 Å². The number of imide groups is 1. The van der Waals surface area contributed by atoms with Crippen LogP contribution in [0.4, 0.5) is 0 Å². The number of hydrogen-bond acceptors (Lipinski definition) is 3. The van der Waals surface area contributed by atoms with E-state index in [0.29, 0.717) is 11.8 Å². The summed E-state index contributed by atoms with van der Waals surface area (Å²) >= 11 is 0. The number of aromatic nitrogens is 1. The second-order valence-corrected chi connectivity index (χ2v) is 10.0. The first-order valence-corrected chi connectivity index (χ1v) is 11.8.